The molecule has 3 heteroatoms. The van der Waals surface area contributed by atoms with Gasteiger partial charge in [-0.2, -0.15) is 0 Å². The number of halogens is 1. The van der Waals surface area contributed by atoms with Crippen molar-refractivity contribution in [3.63, 3.8) is 0 Å². The molecule has 2 aliphatic rings. The summed E-state index contributed by atoms with van der Waals surface area (Å²) < 4.78 is 24.5. The molecule has 0 spiro atoms. The van der Waals surface area contributed by atoms with Gasteiger partial charge in [0, 0.05) is 5.92 Å². The second-order valence-corrected chi connectivity index (χ2v) is 5.98. The Balaban J connectivity index is 1.58. The first-order valence-corrected chi connectivity index (χ1v) is 7.96. The maximum absolute atomic E-state index is 12.9. The van der Waals surface area contributed by atoms with Crippen LogP contribution in [-0.4, -0.2) is 19.5 Å². The summed E-state index contributed by atoms with van der Waals surface area (Å²) in [4.78, 5) is 0. The highest BCUT2D eigenvalue weighted by Crippen LogP contribution is 2.29. The van der Waals surface area contributed by atoms with Crippen LogP contribution >= 0.6 is 0 Å². The second-order valence-electron chi connectivity index (χ2n) is 5.98. The number of hydrogen-bond donors (Lipinski definition) is 0. The van der Waals surface area contributed by atoms with Gasteiger partial charge < -0.3 is 9.47 Å². The first-order chi connectivity index (χ1) is 9.78. The molecule has 1 unspecified atom stereocenters. The summed E-state index contributed by atoms with van der Waals surface area (Å²) in [5.41, 5.74) is 0. The van der Waals surface area contributed by atoms with Gasteiger partial charge >= 0.3 is 0 Å². The highest BCUT2D eigenvalue weighted by atomic mass is 19.1. The van der Waals surface area contributed by atoms with Crippen LogP contribution in [0, 0.1) is 11.8 Å². The molecule has 1 saturated heterocycles. The molecule has 0 radical (unpaired) electrons. The van der Waals surface area contributed by atoms with E-state index in [1.54, 1.807) is 6.08 Å². The largest absolute Gasteiger partial charge is 0.352 e. The third-order valence-corrected chi connectivity index (χ3v) is 4.29. The van der Waals surface area contributed by atoms with E-state index < -0.39 is 0 Å². The number of hydrogen-bond acceptors (Lipinski definition) is 2. The summed E-state index contributed by atoms with van der Waals surface area (Å²) in [5, 5.41) is 0. The molecular formula is C17H27FO2. The van der Waals surface area contributed by atoms with E-state index in [4.69, 9.17) is 9.47 Å². The third-order valence-electron chi connectivity index (χ3n) is 4.29. The van der Waals surface area contributed by atoms with Crippen molar-refractivity contribution in [2.24, 2.45) is 11.8 Å². The molecule has 0 aromatic rings. The van der Waals surface area contributed by atoms with Gasteiger partial charge in [0.05, 0.1) is 19.0 Å². The number of allylic oxidation sites excluding steroid dienone is 4. The van der Waals surface area contributed by atoms with Crippen molar-refractivity contribution in [1.82, 2.24) is 0 Å². The van der Waals surface area contributed by atoms with E-state index in [0.29, 0.717) is 18.3 Å². The van der Waals surface area contributed by atoms with E-state index in [0.717, 1.165) is 51.7 Å². The quantitative estimate of drug-likeness (QED) is 0.654. The Kier molecular flexibility index (Phi) is 6.74. The van der Waals surface area contributed by atoms with E-state index in [9.17, 15) is 4.39 Å². The summed E-state index contributed by atoms with van der Waals surface area (Å²) >= 11 is 0. The lowest BCUT2D eigenvalue weighted by molar-refractivity contribution is -0.204. The normalized spacial score (nSPS) is 31.5. The molecule has 0 bridgehead atoms. The van der Waals surface area contributed by atoms with Gasteiger partial charge in [0.2, 0.25) is 0 Å². The molecule has 114 valence electrons. The minimum atomic E-state index is -0.0382. The van der Waals surface area contributed by atoms with E-state index in [-0.39, 0.29) is 12.1 Å². The highest BCUT2D eigenvalue weighted by molar-refractivity contribution is 4.97. The van der Waals surface area contributed by atoms with Crippen molar-refractivity contribution in [3.8, 4) is 0 Å². The van der Waals surface area contributed by atoms with Crippen LogP contribution in [0.4, 0.5) is 4.39 Å². The van der Waals surface area contributed by atoms with Gasteiger partial charge in [0.15, 0.2) is 6.29 Å². The highest BCUT2D eigenvalue weighted by Gasteiger charge is 2.23. The van der Waals surface area contributed by atoms with Crippen LogP contribution in [0.1, 0.15) is 51.9 Å². The Morgan fingerprint density at radius 2 is 2.00 bits per heavy atom. The Bertz CT molecular complexity index is 330. The van der Waals surface area contributed by atoms with E-state index >= 15 is 0 Å². The fourth-order valence-corrected chi connectivity index (χ4v) is 2.91. The molecule has 1 aliphatic carbocycles. The second kappa shape index (κ2) is 8.58. The van der Waals surface area contributed by atoms with Crippen molar-refractivity contribution >= 4 is 0 Å². The van der Waals surface area contributed by atoms with Crippen LogP contribution in [0.5, 0.6) is 0 Å². The SMILES string of the molecule is CC=CCCC1COC(CCC2CC=C(F)CC2)OC1. The van der Waals surface area contributed by atoms with Crippen LogP contribution in [0.25, 0.3) is 0 Å². The molecule has 0 aromatic heterocycles. The average molecular weight is 282 g/mol. The summed E-state index contributed by atoms with van der Waals surface area (Å²) in [6.45, 7) is 3.69. The third kappa shape index (κ3) is 5.37. The smallest absolute Gasteiger partial charge is 0.157 e. The number of ether oxygens (including phenoxy) is 2. The predicted molar refractivity (Wildman–Crippen MR) is 79.0 cm³/mol. The van der Waals surface area contributed by atoms with Gasteiger partial charge in [-0.3, -0.25) is 0 Å². The minimum absolute atomic E-state index is 0.0382. The molecule has 0 N–H and O–H groups in total. The molecule has 0 aromatic carbocycles. The van der Waals surface area contributed by atoms with E-state index in [1.807, 2.05) is 0 Å². The average Bonchev–Trinajstić information content (AvgIpc) is 2.48. The predicted octanol–water partition coefficient (Wildman–Crippen LogP) is 4.77. The molecule has 20 heavy (non-hydrogen) atoms. The van der Waals surface area contributed by atoms with Gasteiger partial charge in [-0.1, -0.05) is 18.2 Å². The topological polar surface area (TPSA) is 18.5 Å². The van der Waals surface area contributed by atoms with Crippen molar-refractivity contribution in [2.75, 3.05) is 13.2 Å². The van der Waals surface area contributed by atoms with Gasteiger partial charge in [-0.25, -0.2) is 4.39 Å². The Morgan fingerprint density at radius 3 is 2.65 bits per heavy atom. The molecule has 1 aliphatic heterocycles. The lowest BCUT2D eigenvalue weighted by atomic mass is 9.89. The fraction of sp³-hybridized carbons (Fsp3) is 0.765. The monoisotopic (exact) mass is 282 g/mol. The Hall–Kier alpha value is -0.670. The van der Waals surface area contributed by atoms with E-state index in [1.165, 1.54) is 0 Å². The standard InChI is InChI=1S/C17H27FO2/c1-2-3-4-5-15-12-19-17(20-13-15)11-8-14-6-9-16(18)10-7-14/h2-3,9,14-15,17H,4-8,10-13H2,1H3. The van der Waals surface area contributed by atoms with Crippen LogP contribution in [0.2, 0.25) is 0 Å². The maximum Gasteiger partial charge on any atom is 0.157 e. The molecule has 2 rings (SSSR count). The van der Waals surface area contributed by atoms with Gasteiger partial charge in [-0.15, -0.1) is 0 Å². The lowest BCUT2D eigenvalue weighted by Gasteiger charge is -2.30. The molecular weight excluding hydrogens is 255 g/mol. The molecule has 0 saturated carbocycles. The first-order valence-electron chi connectivity index (χ1n) is 7.96. The van der Waals surface area contributed by atoms with Crippen molar-refractivity contribution in [3.05, 3.63) is 24.1 Å². The fourth-order valence-electron chi connectivity index (χ4n) is 2.91. The van der Waals surface area contributed by atoms with Crippen molar-refractivity contribution < 1.29 is 13.9 Å². The molecule has 1 atom stereocenters. The van der Waals surface area contributed by atoms with Gasteiger partial charge in [0.1, 0.15) is 0 Å². The van der Waals surface area contributed by atoms with Crippen LogP contribution in [0.15, 0.2) is 24.1 Å². The molecule has 1 heterocycles. The molecule has 0 amide bonds. The lowest BCUT2D eigenvalue weighted by Crippen LogP contribution is -2.32. The summed E-state index contributed by atoms with van der Waals surface area (Å²) in [6, 6.07) is 0. The summed E-state index contributed by atoms with van der Waals surface area (Å²) in [7, 11) is 0. The zero-order valence-corrected chi connectivity index (χ0v) is 12.5. The number of rotatable bonds is 6. The van der Waals surface area contributed by atoms with Crippen LogP contribution < -0.4 is 0 Å². The summed E-state index contributed by atoms with van der Waals surface area (Å²) in [6.07, 6.45) is 12.7. The first kappa shape index (κ1) is 15.7. The van der Waals surface area contributed by atoms with Crippen molar-refractivity contribution in [2.45, 2.75) is 58.2 Å². The minimum Gasteiger partial charge on any atom is -0.352 e. The maximum atomic E-state index is 12.9. The molecule has 2 nitrogen and oxygen atoms in total. The van der Waals surface area contributed by atoms with Crippen LogP contribution in [0.3, 0.4) is 0 Å². The van der Waals surface area contributed by atoms with Gasteiger partial charge in [-0.05, 0) is 57.8 Å². The van der Waals surface area contributed by atoms with Crippen molar-refractivity contribution in [1.29, 1.82) is 0 Å². The van der Waals surface area contributed by atoms with Crippen LogP contribution in [-0.2, 0) is 9.47 Å². The Morgan fingerprint density at radius 1 is 1.20 bits per heavy atom. The zero-order valence-electron chi connectivity index (χ0n) is 12.5. The van der Waals surface area contributed by atoms with E-state index in [2.05, 4.69) is 19.1 Å². The van der Waals surface area contributed by atoms with Gasteiger partial charge in [0.25, 0.3) is 0 Å². The molecule has 1 fully saturated rings. The zero-order chi connectivity index (χ0) is 14.2. The summed E-state index contributed by atoms with van der Waals surface area (Å²) in [5.74, 6) is 1.21. The Labute approximate surface area is 122 Å².